The van der Waals surface area contributed by atoms with Crippen molar-refractivity contribution < 1.29 is 38.9 Å². The molecule has 2 aromatic rings. The predicted molar refractivity (Wildman–Crippen MR) is 139 cm³/mol. The van der Waals surface area contributed by atoms with Crippen molar-refractivity contribution in [2.45, 2.75) is 46.0 Å². The van der Waals surface area contributed by atoms with Crippen LogP contribution in [0.1, 0.15) is 54.6 Å². The lowest BCUT2D eigenvalue weighted by Crippen LogP contribution is -2.06. The molecule has 0 aromatic heterocycles. The third-order valence-electron chi connectivity index (χ3n) is 4.46. The van der Waals surface area contributed by atoms with Crippen molar-refractivity contribution >= 4 is 34.6 Å². The number of halogens is 1. The first-order valence-corrected chi connectivity index (χ1v) is 11.3. The molecule has 0 spiro atoms. The molecular weight excluding hydrogens is 488 g/mol. The minimum absolute atomic E-state index is 0. The van der Waals surface area contributed by atoms with Gasteiger partial charge in [0.15, 0.2) is 5.78 Å². The molecule has 0 amide bonds. The molecule has 0 radical (unpaired) electrons. The fourth-order valence-corrected chi connectivity index (χ4v) is 2.62. The Bertz CT molecular complexity index is 882. The van der Waals surface area contributed by atoms with E-state index in [1.54, 1.807) is 12.1 Å². The zero-order valence-electron chi connectivity index (χ0n) is 20.1. The van der Waals surface area contributed by atoms with Gasteiger partial charge in [0.05, 0.1) is 27.1 Å². The van der Waals surface area contributed by atoms with Crippen molar-refractivity contribution in [2.24, 2.45) is 0 Å². The highest BCUT2D eigenvalue weighted by molar-refractivity contribution is 6.63. The van der Waals surface area contributed by atoms with Crippen LogP contribution in [0.15, 0.2) is 54.6 Å². The number of aliphatic hydroxyl groups excluding tert-OH is 2. The maximum atomic E-state index is 11.7. The maximum Gasteiger partial charge on any atom is 0.305 e. The first kappa shape index (κ1) is 35.1. The molecule has 0 aliphatic heterocycles. The van der Waals surface area contributed by atoms with Crippen molar-refractivity contribution in [3.8, 4) is 0 Å². The second-order valence-electron chi connectivity index (χ2n) is 7.06. The third kappa shape index (κ3) is 18.3. The van der Waals surface area contributed by atoms with Crippen molar-refractivity contribution in [1.82, 2.24) is 0 Å². The maximum absolute atomic E-state index is 11.7. The van der Waals surface area contributed by atoms with E-state index >= 15 is 0 Å². The van der Waals surface area contributed by atoms with Crippen LogP contribution in [0.4, 0.5) is 0 Å². The van der Waals surface area contributed by atoms with Crippen LogP contribution in [-0.2, 0) is 36.7 Å². The zero-order valence-corrected chi connectivity index (χ0v) is 20.8. The molecule has 0 aliphatic rings. The molecule has 200 valence electrons. The Balaban J connectivity index is 0. The van der Waals surface area contributed by atoms with Gasteiger partial charge in [0.1, 0.15) is 0 Å². The smallest absolute Gasteiger partial charge is 0.305 e. The fraction of sp³-hybridized carbons (Fsp3) is 0.407. The molecule has 2 rings (SSSR count). The Labute approximate surface area is 218 Å². The number of aliphatic hydroxyl groups is 2. The number of ketones is 1. The van der Waals surface area contributed by atoms with Gasteiger partial charge in [0.25, 0.3) is 0 Å². The van der Waals surface area contributed by atoms with E-state index in [4.69, 9.17) is 21.8 Å². The van der Waals surface area contributed by atoms with E-state index in [2.05, 4.69) is 9.47 Å². The van der Waals surface area contributed by atoms with E-state index < -0.39 is 11.2 Å². The van der Waals surface area contributed by atoms with Gasteiger partial charge in [-0.15, -0.1) is 0 Å². The molecular formula is C27H37ClO8. The fourth-order valence-electron chi connectivity index (χ4n) is 2.52. The van der Waals surface area contributed by atoms with Crippen LogP contribution in [-0.4, -0.2) is 60.6 Å². The monoisotopic (exact) mass is 524 g/mol. The van der Waals surface area contributed by atoms with Gasteiger partial charge in [0, 0.05) is 31.6 Å². The Morgan fingerprint density at radius 2 is 1.14 bits per heavy atom. The Morgan fingerprint density at radius 1 is 0.694 bits per heavy atom. The van der Waals surface area contributed by atoms with Gasteiger partial charge in [-0.25, -0.2) is 0 Å². The minimum atomic E-state index is -0.514. The molecule has 36 heavy (non-hydrogen) atoms. The second kappa shape index (κ2) is 22.4. The number of hydrogen-bond acceptors (Lipinski definition) is 8. The van der Waals surface area contributed by atoms with E-state index in [0.717, 1.165) is 12.0 Å². The van der Waals surface area contributed by atoms with Gasteiger partial charge in [-0.1, -0.05) is 62.0 Å². The summed E-state index contributed by atoms with van der Waals surface area (Å²) >= 11 is 4.93. The quantitative estimate of drug-likeness (QED) is 0.257. The number of ether oxygens (including phenoxy) is 2. The van der Waals surface area contributed by atoms with Crippen molar-refractivity contribution in [2.75, 3.05) is 27.4 Å². The minimum Gasteiger partial charge on any atom is -0.469 e. The molecule has 0 saturated heterocycles. The molecule has 0 bridgehead atoms. The SMILES string of the molecule is C.COC(=O)CCC(=O)Cl.COC(=O)CCC(=O)c1ccc(CCO)cc1.OCCc1ccccc1. The van der Waals surface area contributed by atoms with E-state index in [1.807, 2.05) is 42.5 Å². The summed E-state index contributed by atoms with van der Waals surface area (Å²) in [5.74, 6) is -0.870. The van der Waals surface area contributed by atoms with Gasteiger partial charge in [-0.05, 0) is 35.6 Å². The van der Waals surface area contributed by atoms with E-state index in [-0.39, 0.29) is 58.1 Å². The standard InChI is InChI=1S/C13H16O4.C8H10O.C5H7ClO3.CH4/c1-17-13(16)7-6-12(15)11-4-2-10(3-5-11)8-9-14;9-7-6-8-4-2-1-3-5-8;1-9-5(8)3-2-4(6)7;/h2-5,14H,6-9H2,1H3;1-5,9H,6-7H2;2-3H2,1H3;1H4. The number of esters is 2. The number of carbonyl (C=O) groups excluding carboxylic acids is 4. The summed E-state index contributed by atoms with van der Waals surface area (Å²) in [5.41, 5.74) is 2.76. The Kier molecular flexibility index (Phi) is 21.8. The molecule has 0 saturated carbocycles. The first-order valence-electron chi connectivity index (χ1n) is 11.0. The van der Waals surface area contributed by atoms with E-state index in [1.165, 1.54) is 19.8 Å². The zero-order chi connectivity index (χ0) is 26.5. The van der Waals surface area contributed by atoms with Crippen LogP contribution in [0, 0.1) is 0 Å². The third-order valence-corrected chi connectivity index (χ3v) is 4.65. The lowest BCUT2D eigenvalue weighted by atomic mass is 10.0. The van der Waals surface area contributed by atoms with Crippen LogP contribution in [0.5, 0.6) is 0 Å². The lowest BCUT2D eigenvalue weighted by molar-refractivity contribution is -0.141. The summed E-state index contributed by atoms with van der Waals surface area (Å²) in [4.78, 5) is 42.9. The number of methoxy groups -OCH3 is 2. The van der Waals surface area contributed by atoms with Gasteiger partial charge in [-0.2, -0.15) is 0 Å². The molecule has 0 heterocycles. The largest absolute Gasteiger partial charge is 0.469 e. The summed E-state index contributed by atoms with van der Waals surface area (Å²) in [6.45, 7) is 0.333. The molecule has 0 atom stereocenters. The molecule has 2 N–H and O–H groups in total. The molecule has 0 fully saturated rings. The van der Waals surface area contributed by atoms with Crippen LogP contribution in [0.3, 0.4) is 0 Å². The Hall–Kier alpha value is -3.07. The number of hydrogen-bond donors (Lipinski definition) is 2. The van der Waals surface area contributed by atoms with Crippen molar-refractivity contribution in [3.63, 3.8) is 0 Å². The molecule has 0 aliphatic carbocycles. The van der Waals surface area contributed by atoms with Gasteiger partial charge in [0.2, 0.25) is 5.24 Å². The van der Waals surface area contributed by atoms with E-state index in [9.17, 15) is 19.2 Å². The van der Waals surface area contributed by atoms with Crippen LogP contribution in [0.2, 0.25) is 0 Å². The van der Waals surface area contributed by atoms with Crippen molar-refractivity contribution in [3.05, 3.63) is 71.3 Å². The number of Topliss-reactive ketones (excluding diaryl/α,β-unsaturated/α-hetero) is 1. The molecule has 0 unspecified atom stereocenters. The summed E-state index contributed by atoms with van der Waals surface area (Å²) in [7, 11) is 2.57. The lowest BCUT2D eigenvalue weighted by Gasteiger charge is -2.02. The normalized spacial score (nSPS) is 9.25. The molecule has 9 heteroatoms. The van der Waals surface area contributed by atoms with Gasteiger partial charge >= 0.3 is 11.9 Å². The highest BCUT2D eigenvalue weighted by Gasteiger charge is 2.09. The van der Waals surface area contributed by atoms with Crippen molar-refractivity contribution in [1.29, 1.82) is 0 Å². The predicted octanol–water partition coefficient (Wildman–Crippen LogP) is 3.92. The second-order valence-corrected chi connectivity index (χ2v) is 7.48. The Morgan fingerprint density at radius 3 is 1.56 bits per heavy atom. The summed E-state index contributed by atoms with van der Waals surface area (Å²) < 4.78 is 8.72. The highest BCUT2D eigenvalue weighted by Crippen LogP contribution is 2.09. The number of carbonyl (C=O) groups is 4. The molecule has 2 aromatic carbocycles. The van der Waals surface area contributed by atoms with Gasteiger partial charge < -0.3 is 19.7 Å². The summed E-state index contributed by atoms with van der Waals surface area (Å²) in [6.07, 6.45) is 1.73. The van der Waals surface area contributed by atoms with Crippen LogP contribution in [0.25, 0.3) is 0 Å². The first-order chi connectivity index (χ1) is 16.8. The summed E-state index contributed by atoms with van der Waals surface area (Å²) in [5, 5.41) is 16.8. The molecule has 8 nitrogen and oxygen atoms in total. The van der Waals surface area contributed by atoms with E-state index in [0.29, 0.717) is 12.0 Å². The van der Waals surface area contributed by atoms with Crippen LogP contribution >= 0.6 is 11.6 Å². The van der Waals surface area contributed by atoms with Gasteiger partial charge in [-0.3, -0.25) is 19.2 Å². The average molecular weight is 525 g/mol. The summed E-state index contributed by atoms with van der Waals surface area (Å²) in [6, 6.07) is 17.0. The average Bonchev–Trinajstić information content (AvgIpc) is 2.87. The topological polar surface area (TPSA) is 127 Å². The number of rotatable bonds is 11. The highest BCUT2D eigenvalue weighted by atomic mass is 35.5. The number of benzene rings is 2. The van der Waals surface area contributed by atoms with Crippen LogP contribution < -0.4 is 0 Å².